The summed E-state index contributed by atoms with van der Waals surface area (Å²) in [5.74, 6) is 0.0668. The standard InChI is InChI=1S/C17H27N3O/c1-13-4-6-15(7-5-13)19-17(21)12-20(3)16-10-8-14(18-2)9-11-16/h4-7,14,16,18H,8-12H2,1-3H3,(H,19,21). The van der Waals surface area contributed by atoms with Gasteiger partial charge >= 0.3 is 0 Å². The average Bonchev–Trinajstić information content (AvgIpc) is 2.49. The first-order chi connectivity index (χ1) is 10.1. The summed E-state index contributed by atoms with van der Waals surface area (Å²) >= 11 is 0. The van der Waals surface area contributed by atoms with Crippen LogP contribution >= 0.6 is 0 Å². The van der Waals surface area contributed by atoms with Gasteiger partial charge in [-0.15, -0.1) is 0 Å². The van der Waals surface area contributed by atoms with E-state index >= 15 is 0 Å². The van der Waals surface area contributed by atoms with Gasteiger partial charge in [-0.05, 0) is 58.8 Å². The highest BCUT2D eigenvalue weighted by Crippen LogP contribution is 2.22. The van der Waals surface area contributed by atoms with E-state index in [-0.39, 0.29) is 5.91 Å². The Kier molecular flexibility index (Phi) is 5.76. The SMILES string of the molecule is CNC1CCC(N(C)CC(=O)Nc2ccc(C)cc2)CC1. The number of carbonyl (C=O) groups is 1. The van der Waals surface area contributed by atoms with Crippen LogP contribution in [0.4, 0.5) is 5.69 Å². The first-order valence-electron chi connectivity index (χ1n) is 7.82. The fourth-order valence-corrected chi connectivity index (χ4v) is 3.00. The van der Waals surface area contributed by atoms with Gasteiger partial charge in [-0.3, -0.25) is 9.69 Å². The second-order valence-electron chi connectivity index (χ2n) is 6.12. The Bertz CT molecular complexity index is 450. The minimum Gasteiger partial charge on any atom is -0.325 e. The molecule has 1 aliphatic carbocycles. The summed E-state index contributed by atoms with van der Waals surface area (Å²) in [6, 6.07) is 9.10. The van der Waals surface area contributed by atoms with Gasteiger partial charge in [0.1, 0.15) is 0 Å². The molecule has 1 saturated carbocycles. The molecule has 0 saturated heterocycles. The van der Waals surface area contributed by atoms with E-state index in [9.17, 15) is 4.79 Å². The van der Waals surface area contributed by atoms with Crippen molar-refractivity contribution in [2.24, 2.45) is 0 Å². The van der Waals surface area contributed by atoms with Crippen LogP contribution in [0.1, 0.15) is 31.2 Å². The molecule has 1 amide bonds. The van der Waals surface area contributed by atoms with Gasteiger partial charge in [0.25, 0.3) is 0 Å². The molecule has 0 atom stereocenters. The van der Waals surface area contributed by atoms with Gasteiger partial charge < -0.3 is 10.6 Å². The normalized spacial score (nSPS) is 22.3. The molecule has 1 fully saturated rings. The maximum absolute atomic E-state index is 12.1. The molecular formula is C17H27N3O. The first-order valence-corrected chi connectivity index (χ1v) is 7.82. The van der Waals surface area contributed by atoms with Crippen LogP contribution in [0.3, 0.4) is 0 Å². The smallest absolute Gasteiger partial charge is 0.238 e. The van der Waals surface area contributed by atoms with Crippen LogP contribution in [-0.2, 0) is 4.79 Å². The lowest BCUT2D eigenvalue weighted by Gasteiger charge is -2.34. The van der Waals surface area contributed by atoms with Crippen molar-refractivity contribution in [3.63, 3.8) is 0 Å². The van der Waals surface area contributed by atoms with Crippen LogP contribution < -0.4 is 10.6 Å². The van der Waals surface area contributed by atoms with Gasteiger partial charge in [0.05, 0.1) is 6.54 Å². The van der Waals surface area contributed by atoms with Crippen molar-refractivity contribution in [2.75, 3.05) is 26.0 Å². The van der Waals surface area contributed by atoms with E-state index in [1.165, 1.54) is 31.2 Å². The van der Waals surface area contributed by atoms with Crippen molar-refractivity contribution in [1.29, 1.82) is 0 Å². The number of benzene rings is 1. The Labute approximate surface area is 127 Å². The maximum atomic E-state index is 12.1. The van der Waals surface area contributed by atoms with Crippen LogP contribution in [-0.4, -0.2) is 43.5 Å². The number of hydrogen-bond donors (Lipinski definition) is 2. The van der Waals surface area contributed by atoms with Crippen LogP contribution in [0.5, 0.6) is 0 Å². The third kappa shape index (κ3) is 4.83. The summed E-state index contributed by atoms with van der Waals surface area (Å²) in [6.07, 6.45) is 4.73. The number of carbonyl (C=O) groups excluding carboxylic acids is 1. The molecule has 2 N–H and O–H groups in total. The van der Waals surface area contributed by atoms with E-state index in [0.29, 0.717) is 18.6 Å². The number of likely N-dealkylation sites (N-methyl/N-ethyl adjacent to an activating group) is 1. The first kappa shape index (κ1) is 16.0. The number of nitrogens with one attached hydrogen (secondary N) is 2. The van der Waals surface area contributed by atoms with E-state index < -0.39 is 0 Å². The van der Waals surface area contributed by atoms with Crippen LogP contribution in [0.2, 0.25) is 0 Å². The second kappa shape index (κ2) is 7.57. The third-order valence-corrected chi connectivity index (χ3v) is 4.46. The third-order valence-electron chi connectivity index (χ3n) is 4.46. The fourth-order valence-electron chi connectivity index (χ4n) is 3.00. The minimum atomic E-state index is 0.0668. The molecule has 2 rings (SSSR count). The van der Waals surface area contributed by atoms with Gasteiger partial charge in [0.2, 0.25) is 5.91 Å². The summed E-state index contributed by atoms with van der Waals surface area (Å²) in [7, 11) is 4.09. The molecule has 1 aromatic carbocycles. The highest BCUT2D eigenvalue weighted by molar-refractivity contribution is 5.92. The highest BCUT2D eigenvalue weighted by atomic mass is 16.2. The van der Waals surface area contributed by atoms with Crippen molar-refractivity contribution in [2.45, 2.75) is 44.7 Å². The molecule has 0 spiro atoms. The quantitative estimate of drug-likeness (QED) is 0.875. The summed E-state index contributed by atoms with van der Waals surface area (Å²) in [5.41, 5.74) is 2.07. The van der Waals surface area contributed by atoms with E-state index in [1.807, 2.05) is 38.2 Å². The summed E-state index contributed by atoms with van der Waals surface area (Å²) in [4.78, 5) is 14.3. The zero-order valence-corrected chi connectivity index (χ0v) is 13.4. The number of rotatable bonds is 5. The van der Waals surface area contributed by atoms with E-state index in [0.717, 1.165) is 5.69 Å². The second-order valence-corrected chi connectivity index (χ2v) is 6.12. The lowest BCUT2D eigenvalue weighted by atomic mass is 9.90. The Morgan fingerprint density at radius 1 is 1.19 bits per heavy atom. The molecule has 1 aromatic rings. The molecule has 4 nitrogen and oxygen atoms in total. The van der Waals surface area contributed by atoms with Gasteiger partial charge in [0.15, 0.2) is 0 Å². The maximum Gasteiger partial charge on any atom is 0.238 e. The van der Waals surface area contributed by atoms with Crippen molar-refractivity contribution in [3.8, 4) is 0 Å². The summed E-state index contributed by atoms with van der Waals surface area (Å²) < 4.78 is 0. The van der Waals surface area contributed by atoms with Gasteiger partial charge in [-0.25, -0.2) is 0 Å². The molecule has 116 valence electrons. The Morgan fingerprint density at radius 3 is 2.38 bits per heavy atom. The van der Waals surface area contributed by atoms with Gasteiger partial charge in [-0.1, -0.05) is 17.7 Å². The molecule has 4 heteroatoms. The molecule has 0 bridgehead atoms. The molecule has 0 heterocycles. The molecular weight excluding hydrogens is 262 g/mol. The van der Waals surface area contributed by atoms with E-state index in [1.54, 1.807) is 0 Å². The summed E-state index contributed by atoms with van der Waals surface area (Å²) in [5, 5.41) is 6.31. The summed E-state index contributed by atoms with van der Waals surface area (Å²) in [6.45, 7) is 2.50. The van der Waals surface area contributed by atoms with Gasteiger partial charge in [-0.2, -0.15) is 0 Å². The Balaban J connectivity index is 1.78. The largest absolute Gasteiger partial charge is 0.325 e. The van der Waals surface area contributed by atoms with Crippen molar-refractivity contribution >= 4 is 11.6 Å². The number of nitrogens with zero attached hydrogens (tertiary/aromatic N) is 1. The molecule has 0 aromatic heterocycles. The van der Waals surface area contributed by atoms with Crippen LogP contribution in [0, 0.1) is 6.92 Å². The predicted molar refractivity (Wildman–Crippen MR) is 87.5 cm³/mol. The molecule has 0 unspecified atom stereocenters. The number of anilines is 1. The zero-order chi connectivity index (χ0) is 15.2. The molecule has 0 aliphatic heterocycles. The van der Waals surface area contributed by atoms with Crippen molar-refractivity contribution in [1.82, 2.24) is 10.2 Å². The minimum absolute atomic E-state index is 0.0668. The number of hydrogen-bond acceptors (Lipinski definition) is 3. The van der Waals surface area contributed by atoms with E-state index in [4.69, 9.17) is 0 Å². The van der Waals surface area contributed by atoms with Crippen molar-refractivity contribution < 1.29 is 4.79 Å². The lowest BCUT2D eigenvalue weighted by Crippen LogP contribution is -2.42. The lowest BCUT2D eigenvalue weighted by molar-refractivity contribution is -0.117. The molecule has 21 heavy (non-hydrogen) atoms. The van der Waals surface area contributed by atoms with Crippen LogP contribution in [0.15, 0.2) is 24.3 Å². The van der Waals surface area contributed by atoms with Crippen LogP contribution in [0.25, 0.3) is 0 Å². The average molecular weight is 289 g/mol. The fraction of sp³-hybridized carbons (Fsp3) is 0.588. The zero-order valence-electron chi connectivity index (χ0n) is 13.4. The van der Waals surface area contributed by atoms with Crippen molar-refractivity contribution in [3.05, 3.63) is 29.8 Å². The number of aryl methyl sites for hydroxylation is 1. The monoisotopic (exact) mass is 289 g/mol. The Hall–Kier alpha value is -1.39. The highest BCUT2D eigenvalue weighted by Gasteiger charge is 2.24. The Morgan fingerprint density at radius 2 is 1.81 bits per heavy atom. The predicted octanol–water partition coefficient (Wildman–Crippen LogP) is 2.40. The molecule has 1 aliphatic rings. The number of amides is 1. The van der Waals surface area contributed by atoms with Gasteiger partial charge in [0, 0.05) is 17.8 Å². The topological polar surface area (TPSA) is 44.4 Å². The van der Waals surface area contributed by atoms with E-state index in [2.05, 4.69) is 22.6 Å². The molecule has 0 radical (unpaired) electrons.